The molecule has 1 amide bonds. The van der Waals surface area contributed by atoms with Gasteiger partial charge in [-0.05, 0) is 39.3 Å². The third kappa shape index (κ3) is 2.70. The zero-order valence-electron chi connectivity index (χ0n) is 12.8. The topological polar surface area (TPSA) is 53.0 Å². The molecule has 0 aromatic heterocycles. The summed E-state index contributed by atoms with van der Waals surface area (Å²) < 4.78 is 5.47. The van der Waals surface area contributed by atoms with Crippen LogP contribution in [0.25, 0.3) is 0 Å². The Bertz CT molecular complexity index is 559. The van der Waals surface area contributed by atoms with Gasteiger partial charge in [0.1, 0.15) is 5.60 Å². The molecule has 0 bridgehead atoms. The highest BCUT2D eigenvalue weighted by atomic mass is 16.6. The van der Waals surface area contributed by atoms with Crippen molar-refractivity contribution in [1.82, 2.24) is 0 Å². The molecular formula is C16H22N2O3. The lowest BCUT2D eigenvalue weighted by Crippen LogP contribution is -2.51. The summed E-state index contributed by atoms with van der Waals surface area (Å²) in [6, 6.07) is 5.98. The van der Waals surface area contributed by atoms with E-state index < -0.39 is 5.60 Å². The number of rotatable bonds is 1. The molecule has 0 radical (unpaired) electrons. The van der Waals surface area contributed by atoms with Gasteiger partial charge in [-0.2, -0.15) is 0 Å². The van der Waals surface area contributed by atoms with Crippen LogP contribution < -0.4 is 9.80 Å². The normalized spacial score (nSPS) is 18.5. The van der Waals surface area contributed by atoms with Gasteiger partial charge in [-0.1, -0.05) is 6.07 Å². The lowest BCUT2D eigenvalue weighted by molar-refractivity contribution is 0.0584. The Kier molecular flexibility index (Phi) is 3.32. The van der Waals surface area contributed by atoms with Gasteiger partial charge in [0.25, 0.3) is 0 Å². The van der Waals surface area contributed by atoms with Gasteiger partial charge in [0.2, 0.25) is 0 Å². The summed E-state index contributed by atoms with van der Waals surface area (Å²) in [5.74, 6) is 0. The number of aliphatic hydroxyl groups excluding tert-OH is 1. The average Bonchev–Trinajstić information content (AvgIpc) is 2.76. The molecule has 2 heterocycles. The van der Waals surface area contributed by atoms with E-state index in [0.29, 0.717) is 19.6 Å². The number of amides is 1. The van der Waals surface area contributed by atoms with Crippen LogP contribution in [0.3, 0.4) is 0 Å². The van der Waals surface area contributed by atoms with Crippen LogP contribution in [-0.2, 0) is 11.2 Å². The number of ether oxygens (including phenoxy) is 1. The Morgan fingerprint density at radius 1 is 1.29 bits per heavy atom. The van der Waals surface area contributed by atoms with Gasteiger partial charge >= 0.3 is 6.09 Å². The van der Waals surface area contributed by atoms with E-state index in [2.05, 4.69) is 11.0 Å². The largest absolute Gasteiger partial charge is 0.443 e. The number of anilines is 2. The number of carbonyl (C=O) groups is 1. The highest BCUT2D eigenvalue weighted by molar-refractivity contribution is 5.92. The van der Waals surface area contributed by atoms with Crippen molar-refractivity contribution in [2.24, 2.45) is 0 Å². The fraction of sp³-hybridized carbons (Fsp3) is 0.562. The molecule has 0 saturated carbocycles. The molecule has 0 atom stereocenters. The van der Waals surface area contributed by atoms with E-state index >= 15 is 0 Å². The molecule has 1 fully saturated rings. The average molecular weight is 290 g/mol. The van der Waals surface area contributed by atoms with Crippen LogP contribution in [0.15, 0.2) is 18.2 Å². The van der Waals surface area contributed by atoms with Crippen LogP contribution in [0.4, 0.5) is 16.2 Å². The van der Waals surface area contributed by atoms with Crippen LogP contribution in [0.1, 0.15) is 26.3 Å². The summed E-state index contributed by atoms with van der Waals surface area (Å²) in [6.07, 6.45) is 0.309. The minimum atomic E-state index is -0.487. The number of aliphatic hydroxyl groups is 1. The minimum Gasteiger partial charge on any atom is -0.443 e. The Morgan fingerprint density at radius 3 is 2.57 bits per heavy atom. The number of β-amino-alcohol motifs (C(OH)–C–C–N with tert-alkyl or cyclic N) is 1. The summed E-state index contributed by atoms with van der Waals surface area (Å²) in [4.78, 5) is 16.2. The molecule has 5 nitrogen and oxygen atoms in total. The van der Waals surface area contributed by atoms with Gasteiger partial charge in [-0.15, -0.1) is 0 Å². The summed E-state index contributed by atoms with van der Waals surface area (Å²) in [5, 5.41) is 9.47. The first-order valence-electron chi connectivity index (χ1n) is 7.40. The zero-order valence-corrected chi connectivity index (χ0v) is 12.8. The van der Waals surface area contributed by atoms with Crippen molar-refractivity contribution in [2.45, 2.75) is 38.9 Å². The summed E-state index contributed by atoms with van der Waals surface area (Å²) in [5.41, 5.74) is 2.75. The number of hydrogen-bond acceptors (Lipinski definition) is 4. The zero-order chi connectivity index (χ0) is 15.2. The van der Waals surface area contributed by atoms with Gasteiger partial charge < -0.3 is 14.7 Å². The van der Waals surface area contributed by atoms with E-state index in [1.807, 2.05) is 32.9 Å². The van der Waals surface area contributed by atoms with Crippen molar-refractivity contribution in [1.29, 1.82) is 0 Å². The van der Waals surface area contributed by atoms with Crippen LogP contribution in [0.5, 0.6) is 0 Å². The van der Waals surface area contributed by atoms with Gasteiger partial charge in [-0.25, -0.2) is 4.79 Å². The third-order valence-electron chi connectivity index (χ3n) is 3.82. The molecule has 0 spiro atoms. The summed E-state index contributed by atoms with van der Waals surface area (Å²) in [6.45, 7) is 7.61. The molecule has 1 N–H and O–H groups in total. The molecule has 1 aromatic carbocycles. The van der Waals surface area contributed by atoms with Crippen molar-refractivity contribution >= 4 is 17.5 Å². The standard InChI is InChI=1S/C16H22N2O3/c1-16(2,3)21-15(20)18-8-7-12-13(5-4-6-14(12)18)17-9-11(19)10-17/h4-6,11,19H,7-10H2,1-3H3. The molecule has 0 aliphatic carbocycles. The molecule has 5 heteroatoms. The molecule has 21 heavy (non-hydrogen) atoms. The van der Waals surface area contributed by atoms with E-state index in [-0.39, 0.29) is 12.2 Å². The minimum absolute atomic E-state index is 0.232. The van der Waals surface area contributed by atoms with Crippen molar-refractivity contribution < 1.29 is 14.6 Å². The van der Waals surface area contributed by atoms with Crippen LogP contribution in [0, 0.1) is 0 Å². The number of carbonyl (C=O) groups excluding carboxylic acids is 1. The van der Waals surface area contributed by atoms with Crippen LogP contribution in [-0.4, -0.2) is 42.5 Å². The predicted octanol–water partition coefficient (Wildman–Crippen LogP) is 2.17. The van der Waals surface area contributed by atoms with Gasteiger partial charge in [0.15, 0.2) is 0 Å². The second-order valence-corrected chi connectivity index (χ2v) is 6.72. The molecule has 2 aliphatic rings. The Balaban J connectivity index is 1.83. The van der Waals surface area contributed by atoms with Crippen molar-refractivity contribution in [3.05, 3.63) is 23.8 Å². The van der Waals surface area contributed by atoms with Crippen LogP contribution in [0.2, 0.25) is 0 Å². The number of hydrogen-bond donors (Lipinski definition) is 1. The molecule has 114 valence electrons. The fourth-order valence-electron chi connectivity index (χ4n) is 2.87. The smallest absolute Gasteiger partial charge is 0.414 e. The van der Waals surface area contributed by atoms with Gasteiger partial charge in [0.05, 0.1) is 11.8 Å². The fourth-order valence-corrected chi connectivity index (χ4v) is 2.87. The summed E-state index contributed by atoms with van der Waals surface area (Å²) >= 11 is 0. The van der Waals surface area contributed by atoms with Crippen LogP contribution >= 0.6 is 0 Å². The van der Waals surface area contributed by atoms with Gasteiger partial charge in [-0.3, -0.25) is 4.90 Å². The molecule has 1 saturated heterocycles. The van der Waals surface area contributed by atoms with E-state index in [1.54, 1.807) is 4.90 Å². The molecule has 3 rings (SSSR count). The highest BCUT2D eigenvalue weighted by Crippen LogP contribution is 2.37. The maximum Gasteiger partial charge on any atom is 0.414 e. The first-order chi connectivity index (χ1) is 9.85. The number of nitrogens with zero attached hydrogens (tertiary/aromatic N) is 2. The van der Waals surface area contributed by atoms with E-state index in [4.69, 9.17) is 4.74 Å². The first-order valence-corrected chi connectivity index (χ1v) is 7.40. The molecule has 1 aromatic rings. The Hall–Kier alpha value is -1.75. The Labute approximate surface area is 125 Å². The maximum absolute atomic E-state index is 12.3. The van der Waals surface area contributed by atoms with Crippen molar-refractivity contribution in [3.8, 4) is 0 Å². The van der Waals surface area contributed by atoms with Gasteiger partial charge in [0, 0.05) is 30.9 Å². The molecule has 2 aliphatic heterocycles. The van der Waals surface area contributed by atoms with E-state index in [1.165, 1.54) is 5.56 Å². The second kappa shape index (κ2) is 4.91. The van der Waals surface area contributed by atoms with E-state index in [0.717, 1.165) is 17.8 Å². The lowest BCUT2D eigenvalue weighted by Gasteiger charge is -2.39. The highest BCUT2D eigenvalue weighted by Gasteiger charge is 2.33. The third-order valence-corrected chi connectivity index (χ3v) is 3.82. The SMILES string of the molecule is CC(C)(C)OC(=O)N1CCc2c(N3CC(O)C3)cccc21. The number of fused-ring (bicyclic) bond motifs is 1. The van der Waals surface area contributed by atoms with Crippen molar-refractivity contribution in [2.75, 3.05) is 29.4 Å². The molecular weight excluding hydrogens is 268 g/mol. The van der Waals surface area contributed by atoms with E-state index in [9.17, 15) is 9.90 Å². The molecule has 0 unspecified atom stereocenters. The maximum atomic E-state index is 12.3. The Morgan fingerprint density at radius 2 is 1.95 bits per heavy atom. The lowest BCUT2D eigenvalue weighted by atomic mass is 10.0. The first kappa shape index (κ1) is 14.2. The quantitative estimate of drug-likeness (QED) is 0.861. The van der Waals surface area contributed by atoms with Crippen molar-refractivity contribution in [3.63, 3.8) is 0 Å². The second-order valence-electron chi connectivity index (χ2n) is 6.72. The monoisotopic (exact) mass is 290 g/mol. The number of benzene rings is 1. The summed E-state index contributed by atoms with van der Waals surface area (Å²) in [7, 11) is 0. The predicted molar refractivity (Wildman–Crippen MR) is 81.9 cm³/mol.